The first kappa shape index (κ1) is 21.2. The monoisotopic (exact) mass is 439 g/mol. The van der Waals surface area contributed by atoms with Crippen LogP contribution in [0.3, 0.4) is 0 Å². The molecule has 32 heavy (non-hydrogen) atoms. The molecule has 0 unspecified atom stereocenters. The number of carbonyl (C=O) groups is 2. The Kier molecular flexibility index (Phi) is 5.10. The van der Waals surface area contributed by atoms with Crippen molar-refractivity contribution in [2.45, 2.75) is 64.5 Å². The van der Waals surface area contributed by atoms with Gasteiger partial charge in [-0.3, -0.25) is 9.78 Å². The zero-order chi connectivity index (χ0) is 22.6. The van der Waals surface area contributed by atoms with Gasteiger partial charge in [0, 0.05) is 29.6 Å². The Labute approximate surface area is 187 Å². The number of aromatic nitrogens is 2. The highest BCUT2D eigenvalue weighted by Gasteiger charge is 2.48. The first-order chi connectivity index (χ1) is 15.2. The predicted molar refractivity (Wildman–Crippen MR) is 118 cm³/mol. The Hall–Kier alpha value is -2.70. The molecule has 0 saturated heterocycles. The van der Waals surface area contributed by atoms with Gasteiger partial charge in [0.15, 0.2) is 0 Å². The van der Waals surface area contributed by atoms with Gasteiger partial charge in [0.05, 0.1) is 6.20 Å². The SMILES string of the molecule is CC(C)(C)OC(=O)n1cc(-c2ccncc2F)cc1C(=O)NC1C2CC3CC(C2)CC1C3. The van der Waals surface area contributed by atoms with Crippen molar-refractivity contribution in [3.63, 3.8) is 0 Å². The minimum Gasteiger partial charge on any atom is -0.443 e. The zero-order valence-corrected chi connectivity index (χ0v) is 18.8. The van der Waals surface area contributed by atoms with Crippen molar-refractivity contribution < 1.29 is 18.7 Å². The minimum absolute atomic E-state index is 0.137. The molecule has 2 heterocycles. The Morgan fingerprint density at radius 2 is 1.78 bits per heavy atom. The van der Waals surface area contributed by atoms with Gasteiger partial charge in [-0.05, 0) is 88.7 Å². The second kappa shape index (κ2) is 7.71. The lowest BCUT2D eigenvalue weighted by Gasteiger charge is -2.54. The zero-order valence-electron chi connectivity index (χ0n) is 18.8. The molecular weight excluding hydrogens is 409 g/mol. The summed E-state index contributed by atoms with van der Waals surface area (Å²) in [5, 5.41) is 3.24. The van der Waals surface area contributed by atoms with E-state index in [1.54, 1.807) is 26.8 Å². The summed E-state index contributed by atoms with van der Waals surface area (Å²) in [7, 11) is 0. The van der Waals surface area contributed by atoms with Crippen molar-refractivity contribution in [3.8, 4) is 11.1 Å². The highest BCUT2D eigenvalue weighted by molar-refractivity contribution is 5.98. The van der Waals surface area contributed by atoms with E-state index in [1.807, 2.05) is 0 Å². The first-order valence-electron chi connectivity index (χ1n) is 11.5. The molecule has 4 fully saturated rings. The maximum absolute atomic E-state index is 14.4. The fourth-order valence-corrected chi connectivity index (χ4v) is 6.24. The number of amides is 1. The average Bonchev–Trinajstić information content (AvgIpc) is 3.15. The standard InChI is InChI=1S/C25H30FN3O3/c1-25(2,3)32-24(31)29-13-18(19-4-5-27-12-20(19)26)11-21(29)23(30)28-22-16-7-14-6-15(9-16)10-17(22)8-14/h4-5,11-17,22H,6-10H2,1-3H3,(H,28,30). The van der Waals surface area contributed by atoms with Crippen LogP contribution in [-0.2, 0) is 4.74 Å². The first-order valence-corrected chi connectivity index (χ1v) is 11.5. The van der Waals surface area contributed by atoms with Gasteiger partial charge in [0.25, 0.3) is 5.91 Å². The smallest absolute Gasteiger partial charge is 0.419 e. The van der Waals surface area contributed by atoms with Gasteiger partial charge in [-0.1, -0.05) is 0 Å². The van der Waals surface area contributed by atoms with E-state index >= 15 is 0 Å². The number of nitrogens with zero attached hydrogens (tertiary/aromatic N) is 2. The van der Waals surface area contributed by atoms with E-state index in [2.05, 4.69) is 10.3 Å². The summed E-state index contributed by atoms with van der Waals surface area (Å²) >= 11 is 0. The Balaban J connectivity index is 1.45. The molecule has 2 aromatic heterocycles. The predicted octanol–water partition coefficient (Wildman–Crippen LogP) is 5.03. The van der Waals surface area contributed by atoms with Gasteiger partial charge in [0.1, 0.15) is 17.1 Å². The van der Waals surface area contributed by atoms with E-state index in [4.69, 9.17) is 4.74 Å². The lowest BCUT2D eigenvalue weighted by molar-refractivity contribution is -0.0121. The topological polar surface area (TPSA) is 73.2 Å². The quantitative estimate of drug-likeness (QED) is 0.728. The Morgan fingerprint density at radius 3 is 2.38 bits per heavy atom. The average molecular weight is 440 g/mol. The van der Waals surface area contributed by atoms with Crippen LogP contribution in [0.2, 0.25) is 0 Å². The summed E-state index contributed by atoms with van der Waals surface area (Å²) < 4.78 is 21.1. The fraction of sp³-hybridized carbons (Fsp3) is 0.560. The number of hydrogen-bond donors (Lipinski definition) is 1. The van der Waals surface area contributed by atoms with Crippen molar-refractivity contribution in [2.75, 3.05) is 0 Å². The van der Waals surface area contributed by atoms with Crippen molar-refractivity contribution in [3.05, 3.63) is 42.2 Å². The number of rotatable bonds is 3. The number of hydrogen-bond acceptors (Lipinski definition) is 4. The molecule has 2 aromatic rings. The van der Waals surface area contributed by atoms with Gasteiger partial charge in [-0.25, -0.2) is 13.8 Å². The van der Waals surface area contributed by atoms with Gasteiger partial charge >= 0.3 is 6.09 Å². The van der Waals surface area contributed by atoms with Crippen molar-refractivity contribution >= 4 is 12.0 Å². The van der Waals surface area contributed by atoms with Crippen LogP contribution in [0, 0.1) is 29.5 Å². The summed E-state index contributed by atoms with van der Waals surface area (Å²) in [6.07, 6.45) is 9.47. The molecule has 4 bridgehead atoms. The number of halogens is 1. The molecule has 7 heteroatoms. The van der Waals surface area contributed by atoms with E-state index in [1.165, 1.54) is 55.1 Å². The molecule has 0 radical (unpaired) electrons. The summed E-state index contributed by atoms with van der Waals surface area (Å²) in [4.78, 5) is 30.1. The molecule has 0 atom stereocenters. The third kappa shape index (κ3) is 3.93. The lowest BCUT2D eigenvalue weighted by Crippen LogP contribution is -2.56. The van der Waals surface area contributed by atoms with Gasteiger partial charge < -0.3 is 10.1 Å². The van der Waals surface area contributed by atoms with Crippen molar-refractivity contribution in [2.24, 2.45) is 23.7 Å². The highest BCUT2D eigenvalue weighted by Crippen LogP contribution is 2.53. The van der Waals surface area contributed by atoms with Crippen LogP contribution in [0.25, 0.3) is 11.1 Å². The molecule has 0 aliphatic heterocycles. The van der Waals surface area contributed by atoms with Crippen LogP contribution in [0.15, 0.2) is 30.7 Å². The van der Waals surface area contributed by atoms with E-state index < -0.39 is 17.5 Å². The van der Waals surface area contributed by atoms with Gasteiger partial charge in [0.2, 0.25) is 0 Å². The third-order valence-corrected chi connectivity index (χ3v) is 7.25. The summed E-state index contributed by atoms with van der Waals surface area (Å²) in [5.41, 5.74) is 0.162. The van der Waals surface area contributed by atoms with Crippen LogP contribution >= 0.6 is 0 Å². The van der Waals surface area contributed by atoms with Crippen LogP contribution in [0.1, 0.15) is 63.4 Å². The largest absolute Gasteiger partial charge is 0.443 e. The second-order valence-electron chi connectivity index (χ2n) is 10.7. The maximum atomic E-state index is 14.4. The number of carbonyl (C=O) groups excluding carboxylic acids is 2. The molecule has 4 aliphatic rings. The summed E-state index contributed by atoms with van der Waals surface area (Å²) in [6, 6.07) is 3.23. The van der Waals surface area contributed by atoms with Crippen LogP contribution < -0.4 is 5.32 Å². The molecule has 4 aliphatic carbocycles. The highest BCUT2D eigenvalue weighted by atomic mass is 19.1. The number of ether oxygens (including phenoxy) is 1. The lowest BCUT2D eigenvalue weighted by atomic mass is 9.54. The number of nitrogens with one attached hydrogen (secondary N) is 1. The van der Waals surface area contributed by atoms with Gasteiger partial charge in [-0.2, -0.15) is 0 Å². The van der Waals surface area contributed by atoms with E-state index in [0.29, 0.717) is 17.4 Å². The maximum Gasteiger partial charge on any atom is 0.419 e. The second-order valence-corrected chi connectivity index (χ2v) is 10.7. The normalized spacial score (nSPS) is 28.6. The number of pyridine rings is 1. The van der Waals surface area contributed by atoms with Gasteiger partial charge in [-0.15, -0.1) is 0 Å². The minimum atomic E-state index is -0.724. The molecule has 1 N–H and O–H groups in total. The van der Waals surface area contributed by atoms with E-state index in [9.17, 15) is 14.0 Å². The van der Waals surface area contributed by atoms with E-state index in [-0.39, 0.29) is 23.2 Å². The van der Waals surface area contributed by atoms with Crippen LogP contribution in [0.5, 0.6) is 0 Å². The molecule has 6 rings (SSSR count). The molecule has 0 aromatic carbocycles. The Morgan fingerprint density at radius 1 is 1.12 bits per heavy atom. The van der Waals surface area contributed by atoms with Crippen LogP contribution in [0.4, 0.5) is 9.18 Å². The molecule has 0 spiro atoms. The van der Waals surface area contributed by atoms with E-state index in [0.717, 1.165) is 18.0 Å². The fourth-order valence-electron chi connectivity index (χ4n) is 6.24. The van der Waals surface area contributed by atoms with Crippen molar-refractivity contribution in [1.29, 1.82) is 0 Å². The third-order valence-electron chi connectivity index (χ3n) is 7.25. The molecule has 4 saturated carbocycles. The summed E-state index contributed by atoms with van der Waals surface area (Å²) in [5.74, 6) is 1.81. The molecular formula is C25H30FN3O3. The summed E-state index contributed by atoms with van der Waals surface area (Å²) in [6.45, 7) is 5.31. The molecule has 1 amide bonds. The Bertz CT molecular complexity index is 1030. The molecule has 170 valence electrons. The van der Waals surface area contributed by atoms with Crippen LogP contribution in [-0.4, -0.2) is 33.2 Å². The van der Waals surface area contributed by atoms with Crippen molar-refractivity contribution in [1.82, 2.24) is 14.9 Å². The molecule has 6 nitrogen and oxygen atoms in total.